The quantitative estimate of drug-likeness (QED) is 0.668. The summed E-state index contributed by atoms with van der Waals surface area (Å²) in [5, 5.41) is 0. The molecule has 15 heavy (non-hydrogen) atoms. The summed E-state index contributed by atoms with van der Waals surface area (Å²) in [5.41, 5.74) is 6.73. The Bertz CT molecular complexity index is 227. The van der Waals surface area contributed by atoms with Crippen LogP contribution >= 0.6 is 0 Å². The molecule has 0 amide bonds. The molecule has 1 saturated heterocycles. The van der Waals surface area contributed by atoms with E-state index in [4.69, 9.17) is 10.5 Å². The summed E-state index contributed by atoms with van der Waals surface area (Å²) in [6, 6.07) is 0.375. The van der Waals surface area contributed by atoms with Gasteiger partial charge in [-0.1, -0.05) is 20.3 Å². The van der Waals surface area contributed by atoms with Gasteiger partial charge in [0.25, 0.3) is 0 Å². The minimum atomic E-state index is 0.144. The van der Waals surface area contributed by atoms with Crippen LogP contribution in [0.15, 0.2) is 0 Å². The highest BCUT2D eigenvalue weighted by Gasteiger charge is 2.39. The third-order valence-corrected chi connectivity index (χ3v) is 4.27. The summed E-state index contributed by atoms with van der Waals surface area (Å²) >= 11 is 0. The van der Waals surface area contributed by atoms with Gasteiger partial charge in [0.15, 0.2) is 0 Å². The lowest BCUT2D eigenvalue weighted by Crippen LogP contribution is -2.44. The number of rotatable bonds is 0. The van der Waals surface area contributed by atoms with Crippen LogP contribution < -0.4 is 5.73 Å². The second-order valence-electron chi connectivity index (χ2n) is 6.30. The maximum atomic E-state index is 6.08. The van der Waals surface area contributed by atoms with Crippen LogP contribution in [0.5, 0.6) is 0 Å². The molecule has 2 rings (SSSR count). The summed E-state index contributed by atoms with van der Waals surface area (Å²) in [7, 11) is 0. The van der Waals surface area contributed by atoms with Gasteiger partial charge in [-0.2, -0.15) is 0 Å². The number of hydrogen-bond donors (Lipinski definition) is 1. The first kappa shape index (κ1) is 11.4. The highest BCUT2D eigenvalue weighted by Crippen LogP contribution is 2.43. The molecule has 2 atom stereocenters. The third-order valence-electron chi connectivity index (χ3n) is 4.27. The van der Waals surface area contributed by atoms with Gasteiger partial charge in [-0.05, 0) is 43.9 Å². The molecule has 2 unspecified atom stereocenters. The Balaban J connectivity index is 2.02. The molecule has 0 radical (unpaired) electrons. The van der Waals surface area contributed by atoms with Gasteiger partial charge >= 0.3 is 0 Å². The normalized spacial score (nSPS) is 41.4. The van der Waals surface area contributed by atoms with E-state index in [0.29, 0.717) is 11.5 Å². The van der Waals surface area contributed by atoms with Gasteiger partial charge in [0.2, 0.25) is 0 Å². The van der Waals surface area contributed by atoms with Crippen molar-refractivity contribution in [2.45, 2.75) is 70.4 Å². The van der Waals surface area contributed by atoms with Crippen molar-refractivity contribution in [1.82, 2.24) is 0 Å². The molecular formula is C13H25NO. The Morgan fingerprint density at radius 3 is 2.67 bits per heavy atom. The SMILES string of the molecule is CC1(C)CCCC2(CC1)CC(N)CCO2. The highest BCUT2D eigenvalue weighted by atomic mass is 16.5. The topological polar surface area (TPSA) is 35.2 Å². The average Bonchev–Trinajstić information content (AvgIpc) is 2.27. The molecular weight excluding hydrogens is 186 g/mol. The Morgan fingerprint density at radius 1 is 1.13 bits per heavy atom. The van der Waals surface area contributed by atoms with E-state index in [0.717, 1.165) is 19.4 Å². The molecule has 1 aliphatic heterocycles. The number of nitrogens with two attached hydrogens (primary N) is 1. The standard InChI is InChI=1S/C13H25NO/c1-12(2)5-3-6-13(8-7-12)10-11(14)4-9-15-13/h11H,3-10,14H2,1-2H3. The van der Waals surface area contributed by atoms with E-state index in [1.807, 2.05) is 0 Å². The summed E-state index contributed by atoms with van der Waals surface area (Å²) in [4.78, 5) is 0. The minimum absolute atomic E-state index is 0.144. The first-order valence-electron chi connectivity index (χ1n) is 6.41. The molecule has 1 saturated carbocycles. The highest BCUT2D eigenvalue weighted by molar-refractivity contribution is 4.92. The Hall–Kier alpha value is -0.0800. The third kappa shape index (κ3) is 2.73. The van der Waals surface area contributed by atoms with E-state index in [1.165, 1.54) is 32.1 Å². The zero-order valence-corrected chi connectivity index (χ0v) is 10.2. The molecule has 2 N–H and O–H groups in total. The van der Waals surface area contributed by atoms with Crippen LogP contribution in [-0.4, -0.2) is 18.2 Å². The summed E-state index contributed by atoms with van der Waals surface area (Å²) in [6.45, 7) is 5.64. The summed E-state index contributed by atoms with van der Waals surface area (Å²) < 4.78 is 6.07. The molecule has 1 spiro atoms. The fourth-order valence-corrected chi connectivity index (χ4v) is 3.12. The van der Waals surface area contributed by atoms with Gasteiger partial charge in [-0.3, -0.25) is 0 Å². The van der Waals surface area contributed by atoms with E-state index >= 15 is 0 Å². The zero-order chi connectivity index (χ0) is 10.9. The zero-order valence-electron chi connectivity index (χ0n) is 10.2. The second kappa shape index (κ2) is 4.06. The summed E-state index contributed by atoms with van der Waals surface area (Å²) in [5.74, 6) is 0. The van der Waals surface area contributed by atoms with Crippen LogP contribution in [0.3, 0.4) is 0 Å². The molecule has 0 aromatic carbocycles. The molecule has 0 aromatic rings. The van der Waals surface area contributed by atoms with E-state index < -0.39 is 0 Å². The Labute approximate surface area is 93.6 Å². The lowest BCUT2D eigenvalue weighted by atomic mass is 9.81. The van der Waals surface area contributed by atoms with Crippen LogP contribution in [0.2, 0.25) is 0 Å². The van der Waals surface area contributed by atoms with Crippen LogP contribution in [0, 0.1) is 5.41 Å². The second-order valence-corrected chi connectivity index (χ2v) is 6.30. The van der Waals surface area contributed by atoms with Crippen molar-refractivity contribution in [3.8, 4) is 0 Å². The lowest BCUT2D eigenvalue weighted by Gasteiger charge is -2.40. The van der Waals surface area contributed by atoms with E-state index in [2.05, 4.69) is 13.8 Å². The molecule has 2 fully saturated rings. The number of hydrogen-bond acceptors (Lipinski definition) is 2. The molecule has 2 heteroatoms. The molecule has 2 nitrogen and oxygen atoms in total. The average molecular weight is 211 g/mol. The maximum Gasteiger partial charge on any atom is 0.0697 e. The monoisotopic (exact) mass is 211 g/mol. The van der Waals surface area contributed by atoms with Crippen LogP contribution in [0.25, 0.3) is 0 Å². The molecule has 88 valence electrons. The van der Waals surface area contributed by atoms with Gasteiger partial charge in [0.1, 0.15) is 0 Å². The maximum absolute atomic E-state index is 6.08. The van der Waals surface area contributed by atoms with Crippen LogP contribution in [-0.2, 0) is 4.74 Å². The van der Waals surface area contributed by atoms with E-state index in [9.17, 15) is 0 Å². The van der Waals surface area contributed by atoms with E-state index in [1.54, 1.807) is 0 Å². The number of ether oxygens (including phenoxy) is 1. The van der Waals surface area contributed by atoms with Gasteiger partial charge < -0.3 is 10.5 Å². The van der Waals surface area contributed by atoms with Gasteiger partial charge in [-0.15, -0.1) is 0 Å². The van der Waals surface area contributed by atoms with Gasteiger partial charge in [-0.25, -0.2) is 0 Å². The first-order valence-corrected chi connectivity index (χ1v) is 6.41. The van der Waals surface area contributed by atoms with Crippen molar-refractivity contribution in [2.24, 2.45) is 11.1 Å². The summed E-state index contributed by atoms with van der Waals surface area (Å²) in [6.07, 6.45) is 8.51. The molecule has 0 bridgehead atoms. The van der Waals surface area contributed by atoms with Crippen molar-refractivity contribution in [1.29, 1.82) is 0 Å². The Kier molecular flexibility index (Phi) is 3.09. The fraction of sp³-hybridized carbons (Fsp3) is 1.00. The van der Waals surface area contributed by atoms with E-state index in [-0.39, 0.29) is 5.60 Å². The molecule has 1 heterocycles. The van der Waals surface area contributed by atoms with Gasteiger partial charge in [0, 0.05) is 12.6 Å². The predicted octanol–water partition coefficient (Wildman–Crippen LogP) is 2.85. The smallest absolute Gasteiger partial charge is 0.0697 e. The van der Waals surface area contributed by atoms with Crippen molar-refractivity contribution < 1.29 is 4.74 Å². The largest absolute Gasteiger partial charge is 0.375 e. The van der Waals surface area contributed by atoms with Crippen LogP contribution in [0.4, 0.5) is 0 Å². The fourth-order valence-electron chi connectivity index (χ4n) is 3.12. The van der Waals surface area contributed by atoms with Crippen molar-refractivity contribution in [2.75, 3.05) is 6.61 Å². The molecule has 1 aliphatic carbocycles. The molecule has 2 aliphatic rings. The minimum Gasteiger partial charge on any atom is -0.375 e. The predicted molar refractivity (Wildman–Crippen MR) is 62.8 cm³/mol. The molecule has 0 aromatic heterocycles. The van der Waals surface area contributed by atoms with Crippen molar-refractivity contribution in [3.05, 3.63) is 0 Å². The lowest BCUT2D eigenvalue weighted by molar-refractivity contribution is -0.0943. The first-order chi connectivity index (χ1) is 7.02. The Morgan fingerprint density at radius 2 is 1.93 bits per heavy atom. The van der Waals surface area contributed by atoms with Gasteiger partial charge in [0.05, 0.1) is 5.60 Å². The van der Waals surface area contributed by atoms with Crippen molar-refractivity contribution in [3.63, 3.8) is 0 Å². The van der Waals surface area contributed by atoms with Crippen LogP contribution in [0.1, 0.15) is 58.8 Å². The van der Waals surface area contributed by atoms with Crippen molar-refractivity contribution >= 4 is 0 Å².